The van der Waals surface area contributed by atoms with Crippen LogP contribution in [0.5, 0.6) is 0 Å². The lowest BCUT2D eigenvalue weighted by molar-refractivity contribution is 0.0699. The van der Waals surface area contributed by atoms with Gasteiger partial charge in [-0.2, -0.15) is 9.97 Å². The molecule has 7 heteroatoms. The fraction of sp³-hybridized carbons (Fsp3) is 0.545. The average Bonchev–Trinajstić information content (AvgIpc) is 2.85. The molecular formula is C11H14ClN5O. The third-order valence-corrected chi connectivity index (χ3v) is 3.33. The number of nitrogens with one attached hydrogen (secondary N) is 2. The Labute approximate surface area is 109 Å². The Morgan fingerprint density at radius 3 is 3.06 bits per heavy atom. The summed E-state index contributed by atoms with van der Waals surface area (Å²) in [5.41, 5.74) is 1.39. The lowest BCUT2D eigenvalue weighted by Gasteiger charge is -2.22. The molecule has 3 rings (SSSR count). The molecule has 1 aliphatic rings. The summed E-state index contributed by atoms with van der Waals surface area (Å²) in [6.45, 7) is 2.55. The van der Waals surface area contributed by atoms with Crippen molar-refractivity contribution < 1.29 is 4.74 Å². The maximum absolute atomic E-state index is 5.87. The van der Waals surface area contributed by atoms with Crippen LogP contribution in [0.4, 0.5) is 5.82 Å². The van der Waals surface area contributed by atoms with E-state index in [4.69, 9.17) is 16.3 Å². The SMILES string of the molecule is Clc1nc(NCC2CCOCC2)c2[nH]cnc2n1. The Balaban J connectivity index is 1.75. The number of nitrogens with zero attached hydrogens (tertiary/aromatic N) is 3. The molecule has 96 valence electrons. The third-order valence-electron chi connectivity index (χ3n) is 3.16. The average molecular weight is 268 g/mol. The van der Waals surface area contributed by atoms with Gasteiger partial charge in [0.2, 0.25) is 5.28 Å². The molecule has 2 aromatic rings. The first-order chi connectivity index (χ1) is 8.83. The van der Waals surface area contributed by atoms with Crippen LogP contribution < -0.4 is 5.32 Å². The van der Waals surface area contributed by atoms with Gasteiger partial charge in [0.25, 0.3) is 0 Å². The molecule has 0 bridgehead atoms. The van der Waals surface area contributed by atoms with E-state index < -0.39 is 0 Å². The minimum atomic E-state index is 0.212. The molecular weight excluding hydrogens is 254 g/mol. The van der Waals surface area contributed by atoms with Gasteiger partial charge in [0, 0.05) is 19.8 Å². The number of H-pyrrole nitrogens is 1. The van der Waals surface area contributed by atoms with Crippen molar-refractivity contribution in [2.45, 2.75) is 12.8 Å². The quantitative estimate of drug-likeness (QED) is 0.830. The molecule has 0 amide bonds. The van der Waals surface area contributed by atoms with Crippen molar-refractivity contribution in [3.63, 3.8) is 0 Å². The maximum Gasteiger partial charge on any atom is 0.226 e. The highest BCUT2D eigenvalue weighted by Gasteiger charge is 2.15. The second-order valence-corrected chi connectivity index (χ2v) is 4.72. The van der Waals surface area contributed by atoms with E-state index in [9.17, 15) is 0 Å². The number of halogens is 1. The molecule has 1 fully saturated rings. The number of ether oxygens (including phenoxy) is 1. The summed E-state index contributed by atoms with van der Waals surface area (Å²) in [7, 11) is 0. The van der Waals surface area contributed by atoms with E-state index in [1.165, 1.54) is 0 Å². The van der Waals surface area contributed by atoms with Crippen LogP contribution in [-0.2, 0) is 4.74 Å². The number of fused-ring (bicyclic) bond motifs is 1. The first-order valence-corrected chi connectivity index (χ1v) is 6.39. The van der Waals surface area contributed by atoms with Crippen LogP contribution in [0.1, 0.15) is 12.8 Å². The summed E-state index contributed by atoms with van der Waals surface area (Å²) in [4.78, 5) is 15.3. The third kappa shape index (κ3) is 2.39. The molecule has 18 heavy (non-hydrogen) atoms. The van der Waals surface area contributed by atoms with Crippen LogP contribution in [0, 0.1) is 5.92 Å². The molecule has 0 aliphatic carbocycles. The predicted molar refractivity (Wildman–Crippen MR) is 68.7 cm³/mol. The fourth-order valence-electron chi connectivity index (χ4n) is 2.13. The number of hydrogen-bond acceptors (Lipinski definition) is 5. The van der Waals surface area contributed by atoms with E-state index >= 15 is 0 Å². The molecule has 0 radical (unpaired) electrons. The molecule has 2 aromatic heterocycles. The van der Waals surface area contributed by atoms with Gasteiger partial charge < -0.3 is 15.0 Å². The fourth-order valence-corrected chi connectivity index (χ4v) is 2.29. The van der Waals surface area contributed by atoms with Gasteiger partial charge in [0.05, 0.1) is 6.33 Å². The van der Waals surface area contributed by atoms with E-state index in [1.54, 1.807) is 6.33 Å². The molecule has 1 aliphatic heterocycles. The van der Waals surface area contributed by atoms with Crippen molar-refractivity contribution in [1.29, 1.82) is 0 Å². The molecule has 0 saturated carbocycles. The van der Waals surface area contributed by atoms with Crippen molar-refractivity contribution in [1.82, 2.24) is 19.9 Å². The lowest BCUT2D eigenvalue weighted by atomic mass is 10.0. The first-order valence-electron chi connectivity index (χ1n) is 6.01. The van der Waals surface area contributed by atoms with Crippen LogP contribution in [0.15, 0.2) is 6.33 Å². The van der Waals surface area contributed by atoms with Crippen LogP contribution in [0.3, 0.4) is 0 Å². The number of hydrogen-bond donors (Lipinski definition) is 2. The minimum Gasteiger partial charge on any atom is -0.381 e. The topological polar surface area (TPSA) is 75.7 Å². The van der Waals surface area contributed by atoms with E-state index in [0.29, 0.717) is 17.4 Å². The maximum atomic E-state index is 5.87. The number of anilines is 1. The Morgan fingerprint density at radius 2 is 2.22 bits per heavy atom. The Morgan fingerprint density at radius 1 is 1.39 bits per heavy atom. The Hall–Kier alpha value is -1.40. The first kappa shape index (κ1) is 11.7. The van der Waals surface area contributed by atoms with Crippen LogP contribution in [0.2, 0.25) is 5.28 Å². The highest BCUT2D eigenvalue weighted by atomic mass is 35.5. The highest BCUT2D eigenvalue weighted by Crippen LogP contribution is 2.20. The Kier molecular flexibility index (Phi) is 3.29. The zero-order valence-corrected chi connectivity index (χ0v) is 10.6. The normalized spacial score (nSPS) is 17.2. The van der Waals surface area contributed by atoms with Crippen molar-refractivity contribution in [2.24, 2.45) is 5.92 Å². The summed E-state index contributed by atoms with van der Waals surface area (Å²) < 4.78 is 5.34. The van der Waals surface area contributed by atoms with Crippen molar-refractivity contribution in [3.05, 3.63) is 11.6 Å². The molecule has 6 nitrogen and oxygen atoms in total. The molecule has 0 aromatic carbocycles. The van der Waals surface area contributed by atoms with Crippen LogP contribution in [0.25, 0.3) is 11.2 Å². The summed E-state index contributed by atoms with van der Waals surface area (Å²) in [5.74, 6) is 1.33. The largest absolute Gasteiger partial charge is 0.381 e. The summed E-state index contributed by atoms with van der Waals surface area (Å²) >= 11 is 5.87. The number of aromatic amines is 1. The van der Waals surface area contributed by atoms with E-state index in [-0.39, 0.29) is 5.28 Å². The standard InChI is InChI=1S/C11H14ClN5O/c12-11-16-9(8-10(17-11)15-6-14-8)13-5-7-1-3-18-4-2-7/h6-7H,1-5H2,(H2,13,14,15,16,17). The van der Waals surface area contributed by atoms with Gasteiger partial charge in [0.1, 0.15) is 5.52 Å². The minimum absolute atomic E-state index is 0.212. The zero-order valence-electron chi connectivity index (χ0n) is 9.82. The van der Waals surface area contributed by atoms with E-state index in [2.05, 4.69) is 25.3 Å². The summed E-state index contributed by atoms with van der Waals surface area (Å²) in [5, 5.41) is 3.53. The predicted octanol–water partition coefficient (Wildman–Crippen LogP) is 1.84. The molecule has 0 unspecified atom stereocenters. The van der Waals surface area contributed by atoms with Crippen molar-refractivity contribution in [2.75, 3.05) is 25.1 Å². The van der Waals surface area contributed by atoms with Gasteiger partial charge in [-0.1, -0.05) is 0 Å². The van der Waals surface area contributed by atoms with Gasteiger partial charge in [0.15, 0.2) is 11.5 Å². The molecule has 2 N–H and O–H groups in total. The van der Waals surface area contributed by atoms with Crippen molar-refractivity contribution in [3.8, 4) is 0 Å². The monoisotopic (exact) mass is 267 g/mol. The highest BCUT2D eigenvalue weighted by molar-refractivity contribution is 6.28. The summed E-state index contributed by atoms with van der Waals surface area (Å²) in [6, 6.07) is 0. The van der Waals surface area contributed by atoms with Gasteiger partial charge >= 0.3 is 0 Å². The van der Waals surface area contributed by atoms with Crippen LogP contribution in [-0.4, -0.2) is 39.7 Å². The molecule has 1 saturated heterocycles. The van der Waals surface area contributed by atoms with Gasteiger partial charge in [-0.3, -0.25) is 0 Å². The lowest BCUT2D eigenvalue weighted by Crippen LogP contribution is -2.23. The van der Waals surface area contributed by atoms with E-state index in [0.717, 1.165) is 38.1 Å². The van der Waals surface area contributed by atoms with Crippen LogP contribution >= 0.6 is 11.6 Å². The molecule has 3 heterocycles. The summed E-state index contributed by atoms with van der Waals surface area (Å²) in [6.07, 6.45) is 3.76. The second kappa shape index (κ2) is 5.07. The van der Waals surface area contributed by atoms with Gasteiger partial charge in [-0.05, 0) is 30.4 Å². The van der Waals surface area contributed by atoms with Crippen molar-refractivity contribution >= 4 is 28.6 Å². The zero-order chi connectivity index (χ0) is 12.4. The number of rotatable bonds is 3. The second-order valence-electron chi connectivity index (χ2n) is 4.38. The number of imidazole rings is 1. The van der Waals surface area contributed by atoms with Gasteiger partial charge in [-0.25, -0.2) is 4.98 Å². The Bertz CT molecular complexity index is 537. The van der Waals surface area contributed by atoms with Gasteiger partial charge in [-0.15, -0.1) is 0 Å². The molecule has 0 spiro atoms. The smallest absolute Gasteiger partial charge is 0.226 e. The molecule has 0 atom stereocenters. The van der Waals surface area contributed by atoms with E-state index in [1.807, 2.05) is 0 Å². The number of aromatic nitrogens is 4.